The van der Waals surface area contributed by atoms with Crippen molar-refractivity contribution in [2.45, 2.75) is 27.3 Å². The number of fused-ring (bicyclic) bond motifs is 1. The third-order valence-corrected chi connectivity index (χ3v) is 5.62. The van der Waals surface area contributed by atoms with E-state index in [1.54, 1.807) is 0 Å². The third-order valence-electron chi connectivity index (χ3n) is 5.62. The van der Waals surface area contributed by atoms with Gasteiger partial charge in [-0.3, -0.25) is 14.5 Å². The van der Waals surface area contributed by atoms with Crippen molar-refractivity contribution in [1.82, 2.24) is 9.80 Å². The molecule has 0 saturated carbocycles. The number of nitrogens with zero attached hydrogens (tertiary/aromatic N) is 2. The smallest absolute Gasteiger partial charge is 0.291 e. The molecular weight excluding hydrogens is 390 g/mol. The molecule has 0 bridgehead atoms. The summed E-state index contributed by atoms with van der Waals surface area (Å²) in [5, 5.41) is 3.69. The fourth-order valence-electron chi connectivity index (χ4n) is 3.72. The minimum atomic E-state index is -0.582. The van der Waals surface area contributed by atoms with Crippen LogP contribution in [0.3, 0.4) is 0 Å². The van der Waals surface area contributed by atoms with Crippen LogP contribution in [-0.4, -0.2) is 47.8 Å². The SMILES string of the molecule is CC(C)(C)C(=O)Nc1c(C(=O)N2CCN(Cc3ccccc3)CC2)oc2ccccc12. The first-order valence-corrected chi connectivity index (χ1v) is 10.7. The Hall–Kier alpha value is -3.12. The fourth-order valence-corrected chi connectivity index (χ4v) is 3.72. The number of amides is 2. The van der Waals surface area contributed by atoms with Gasteiger partial charge in [0.05, 0.1) is 0 Å². The van der Waals surface area contributed by atoms with E-state index < -0.39 is 5.41 Å². The fraction of sp³-hybridized carbons (Fsp3) is 0.360. The third kappa shape index (κ3) is 4.64. The highest BCUT2D eigenvalue weighted by Crippen LogP contribution is 2.33. The second-order valence-corrected chi connectivity index (χ2v) is 9.06. The Balaban J connectivity index is 1.51. The molecule has 2 aromatic carbocycles. The molecular formula is C25H29N3O3. The average molecular weight is 420 g/mol. The van der Waals surface area contributed by atoms with Gasteiger partial charge in [-0.2, -0.15) is 0 Å². The van der Waals surface area contributed by atoms with Crippen molar-refractivity contribution in [1.29, 1.82) is 0 Å². The van der Waals surface area contributed by atoms with Gasteiger partial charge in [0.15, 0.2) is 0 Å². The molecule has 0 spiro atoms. The van der Waals surface area contributed by atoms with E-state index >= 15 is 0 Å². The number of hydrogen-bond donors (Lipinski definition) is 1. The summed E-state index contributed by atoms with van der Waals surface area (Å²) in [5.74, 6) is -0.129. The maximum atomic E-state index is 13.3. The van der Waals surface area contributed by atoms with Gasteiger partial charge >= 0.3 is 0 Å². The monoisotopic (exact) mass is 419 g/mol. The van der Waals surface area contributed by atoms with Gasteiger partial charge in [-0.25, -0.2) is 0 Å². The molecule has 2 heterocycles. The van der Waals surface area contributed by atoms with E-state index in [0.29, 0.717) is 24.4 Å². The second kappa shape index (κ2) is 8.55. The molecule has 3 aromatic rings. The number of carbonyl (C=O) groups excluding carboxylic acids is 2. The quantitative estimate of drug-likeness (QED) is 0.682. The molecule has 4 rings (SSSR count). The highest BCUT2D eigenvalue weighted by atomic mass is 16.3. The molecule has 1 aliphatic rings. The Morgan fingerprint density at radius 3 is 2.26 bits per heavy atom. The molecule has 0 radical (unpaired) electrons. The molecule has 1 saturated heterocycles. The van der Waals surface area contributed by atoms with Crippen molar-refractivity contribution in [2.75, 3.05) is 31.5 Å². The first kappa shape index (κ1) is 21.1. The molecule has 1 N–H and O–H groups in total. The topological polar surface area (TPSA) is 65.8 Å². The Morgan fingerprint density at radius 1 is 0.935 bits per heavy atom. The second-order valence-electron chi connectivity index (χ2n) is 9.06. The van der Waals surface area contributed by atoms with Crippen LogP contribution in [0.15, 0.2) is 59.0 Å². The summed E-state index contributed by atoms with van der Waals surface area (Å²) in [7, 11) is 0. The standard InChI is InChI=1S/C25H29N3O3/c1-25(2,3)24(30)26-21-19-11-7-8-12-20(19)31-22(21)23(29)28-15-13-27(14-16-28)17-18-9-5-4-6-10-18/h4-12H,13-17H2,1-3H3,(H,26,30). The number of furan rings is 1. The lowest BCUT2D eigenvalue weighted by Crippen LogP contribution is -2.48. The summed E-state index contributed by atoms with van der Waals surface area (Å²) in [6, 6.07) is 17.8. The van der Waals surface area contributed by atoms with Crippen molar-refractivity contribution >= 4 is 28.5 Å². The van der Waals surface area contributed by atoms with Crippen LogP contribution in [0.2, 0.25) is 0 Å². The molecule has 1 aromatic heterocycles. The molecule has 0 atom stereocenters. The van der Waals surface area contributed by atoms with Gasteiger partial charge in [-0.15, -0.1) is 0 Å². The van der Waals surface area contributed by atoms with Crippen LogP contribution in [0.1, 0.15) is 36.9 Å². The molecule has 0 aliphatic carbocycles. The molecule has 1 fully saturated rings. The van der Waals surface area contributed by atoms with E-state index in [0.717, 1.165) is 25.0 Å². The van der Waals surface area contributed by atoms with Crippen LogP contribution in [-0.2, 0) is 11.3 Å². The maximum absolute atomic E-state index is 13.3. The lowest BCUT2D eigenvalue weighted by atomic mass is 9.95. The summed E-state index contributed by atoms with van der Waals surface area (Å²) in [5.41, 5.74) is 1.75. The van der Waals surface area contributed by atoms with E-state index in [2.05, 4.69) is 22.3 Å². The van der Waals surface area contributed by atoms with Crippen molar-refractivity contribution in [2.24, 2.45) is 5.41 Å². The van der Waals surface area contributed by atoms with Crippen molar-refractivity contribution < 1.29 is 14.0 Å². The van der Waals surface area contributed by atoms with Gasteiger partial charge < -0.3 is 14.6 Å². The first-order chi connectivity index (χ1) is 14.8. The molecule has 31 heavy (non-hydrogen) atoms. The largest absolute Gasteiger partial charge is 0.449 e. The van der Waals surface area contributed by atoms with Crippen LogP contribution in [0.5, 0.6) is 0 Å². The van der Waals surface area contributed by atoms with Crippen molar-refractivity contribution in [3.8, 4) is 0 Å². The lowest BCUT2D eigenvalue weighted by molar-refractivity contribution is -0.123. The molecule has 1 aliphatic heterocycles. The van der Waals surface area contributed by atoms with Crippen LogP contribution >= 0.6 is 0 Å². The number of rotatable bonds is 4. The summed E-state index contributed by atoms with van der Waals surface area (Å²) in [6.07, 6.45) is 0. The van der Waals surface area contributed by atoms with E-state index in [4.69, 9.17) is 4.42 Å². The number of hydrogen-bond acceptors (Lipinski definition) is 4. The summed E-state index contributed by atoms with van der Waals surface area (Å²) in [4.78, 5) is 30.2. The zero-order valence-corrected chi connectivity index (χ0v) is 18.4. The summed E-state index contributed by atoms with van der Waals surface area (Å²) < 4.78 is 5.93. The highest BCUT2D eigenvalue weighted by molar-refractivity contribution is 6.11. The van der Waals surface area contributed by atoms with Crippen LogP contribution < -0.4 is 5.32 Å². The van der Waals surface area contributed by atoms with E-state index in [9.17, 15) is 9.59 Å². The number of nitrogens with one attached hydrogen (secondary N) is 1. The van der Waals surface area contributed by atoms with Crippen LogP contribution in [0.4, 0.5) is 5.69 Å². The molecule has 6 heteroatoms. The van der Waals surface area contributed by atoms with E-state index in [1.165, 1.54) is 5.56 Å². The summed E-state index contributed by atoms with van der Waals surface area (Å²) in [6.45, 7) is 9.24. The average Bonchev–Trinajstić information content (AvgIpc) is 3.12. The molecule has 162 valence electrons. The Bertz CT molecular complexity index is 1070. The Morgan fingerprint density at radius 2 is 1.58 bits per heavy atom. The van der Waals surface area contributed by atoms with Gasteiger partial charge in [-0.1, -0.05) is 63.2 Å². The number of carbonyl (C=O) groups is 2. The van der Waals surface area contributed by atoms with Crippen molar-refractivity contribution in [3.05, 3.63) is 65.9 Å². The maximum Gasteiger partial charge on any atom is 0.291 e. The zero-order chi connectivity index (χ0) is 22.0. The van der Waals surface area contributed by atoms with E-state index in [-0.39, 0.29) is 17.6 Å². The zero-order valence-electron chi connectivity index (χ0n) is 18.4. The number of piperazine rings is 1. The number of para-hydroxylation sites is 1. The molecule has 6 nitrogen and oxygen atoms in total. The lowest BCUT2D eigenvalue weighted by Gasteiger charge is -2.34. The number of anilines is 1. The first-order valence-electron chi connectivity index (χ1n) is 10.7. The Labute approximate surface area is 182 Å². The van der Waals surface area contributed by atoms with Gasteiger partial charge in [0.2, 0.25) is 11.7 Å². The van der Waals surface area contributed by atoms with Gasteiger partial charge in [0.1, 0.15) is 11.3 Å². The minimum Gasteiger partial charge on any atom is -0.449 e. The highest BCUT2D eigenvalue weighted by Gasteiger charge is 2.30. The van der Waals surface area contributed by atoms with Crippen molar-refractivity contribution in [3.63, 3.8) is 0 Å². The normalized spacial score (nSPS) is 15.3. The van der Waals surface area contributed by atoms with E-state index in [1.807, 2.05) is 68.1 Å². The van der Waals surface area contributed by atoms with Crippen LogP contribution in [0, 0.1) is 5.41 Å². The Kier molecular flexibility index (Phi) is 5.83. The van der Waals surface area contributed by atoms with Gasteiger partial charge in [0, 0.05) is 43.5 Å². The van der Waals surface area contributed by atoms with Gasteiger partial charge in [-0.05, 0) is 17.7 Å². The van der Waals surface area contributed by atoms with Gasteiger partial charge in [0.25, 0.3) is 5.91 Å². The predicted octanol–water partition coefficient (Wildman–Crippen LogP) is 4.38. The molecule has 2 amide bonds. The summed E-state index contributed by atoms with van der Waals surface area (Å²) >= 11 is 0. The minimum absolute atomic E-state index is 0.152. The predicted molar refractivity (Wildman–Crippen MR) is 122 cm³/mol. The number of benzene rings is 2. The molecule has 0 unspecified atom stereocenters. The van der Waals surface area contributed by atoms with Crippen LogP contribution in [0.25, 0.3) is 11.0 Å².